The van der Waals surface area contributed by atoms with E-state index in [0.29, 0.717) is 18.1 Å². The molecular formula is C25H25F2N5O2S. The lowest BCUT2D eigenvalue weighted by atomic mass is 9.94. The molecule has 10 heteroatoms. The molecule has 7 nitrogen and oxygen atoms in total. The van der Waals surface area contributed by atoms with E-state index in [0.717, 1.165) is 26.5 Å². The molecule has 1 N–H and O–H groups in total. The summed E-state index contributed by atoms with van der Waals surface area (Å²) < 4.78 is 28.9. The van der Waals surface area contributed by atoms with Crippen molar-refractivity contribution >= 4 is 33.9 Å². The average molecular weight is 498 g/mol. The first-order chi connectivity index (χ1) is 16.3. The summed E-state index contributed by atoms with van der Waals surface area (Å²) in [7, 11) is 0. The molecule has 0 saturated carbocycles. The van der Waals surface area contributed by atoms with Gasteiger partial charge in [-0.2, -0.15) is 13.9 Å². The highest BCUT2D eigenvalue weighted by molar-refractivity contribution is 7.14. The minimum Gasteiger partial charge on any atom is -0.386 e. The second-order valence-corrected chi connectivity index (χ2v) is 10.2. The summed E-state index contributed by atoms with van der Waals surface area (Å²) in [5, 5.41) is 25.5. The number of aryl methyl sites for hydroxylation is 1. The number of carbonyl (C=O) groups excluding carboxylic acids is 1. The summed E-state index contributed by atoms with van der Waals surface area (Å²) in [4.78, 5) is 15.7. The fourth-order valence-electron chi connectivity index (χ4n) is 3.76. The van der Waals surface area contributed by atoms with Crippen LogP contribution in [-0.4, -0.2) is 42.6 Å². The van der Waals surface area contributed by atoms with E-state index in [2.05, 4.69) is 20.3 Å². The average Bonchev–Trinajstić information content (AvgIpc) is 3.39. The number of amides is 1. The molecule has 0 aliphatic heterocycles. The summed E-state index contributed by atoms with van der Waals surface area (Å²) in [5.41, 5.74) is 2.11. The van der Waals surface area contributed by atoms with Gasteiger partial charge in [0.1, 0.15) is 16.1 Å². The molecule has 0 unspecified atom stereocenters. The number of hydrogen-bond acceptors (Lipinski definition) is 6. The summed E-state index contributed by atoms with van der Waals surface area (Å²) in [5.74, 6) is -5.10. The molecule has 0 fully saturated rings. The van der Waals surface area contributed by atoms with Crippen molar-refractivity contribution in [3.8, 4) is 10.6 Å². The predicted octanol–water partition coefficient (Wildman–Crippen LogP) is 5.32. The first-order valence-corrected chi connectivity index (χ1v) is 11.7. The molecule has 0 spiro atoms. The van der Waals surface area contributed by atoms with Gasteiger partial charge in [0.25, 0.3) is 0 Å². The van der Waals surface area contributed by atoms with Crippen LogP contribution in [0.2, 0.25) is 0 Å². The van der Waals surface area contributed by atoms with Gasteiger partial charge in [-0.1, -0.05) is 35.6 Å². The minimum absolute atomic E-state index is 0.168. The van der Waals surface area contributed by atoms with Crippen LogP contribution in [0.5, 0.6) is 0 Å². The number of rotatable bonds is 6. The quantitative estimate of drug-likeness (QED) is 0.364. The molecule has 0 bridgehead atoms. The number of aliphatic imine (C=N–C) groups is 1. The van der Waals surface area contributed by atoms with Crippen molar-refractivity contribution in [2.75, 3.05) is 0 Å². The highest BCUT2D eigenvalue weighted by atomic mass is 32.1. The van der Waals surface area contributed by atoms with Gasteiger partial charge < -0.3 is 5.11 Å². The summed E-state index contributed by atoms with van der Waals surface area (Å²) >= 11 is 1.48. The first kappa shape index (κ1) is 24.7. The number of alkyl halides is 2. The van der Waals surface area contributed by atoms with Gasteiger partial charge in [0.2, 0.25) is 0 Å². The van der Waals surface area contributed by atoms with Gasteiger partial charge in [-0.25, -0.2) is 4.99 Å². The molecule has 0 saturated heterocycles. The van der Waals surface area contributed by atoms with Crippen LogP contribution in [0.3, 0.4) is 0 Å². The summed E-state index contributed by atoms with van der Waals surface area (Å²) in [6.45, 7) is 7.29. The highest BCUT2D eigenvalue weighted by Gasteiger charge is 2.33. The lowest BCUT2D eigenvalue weighted by Crippen LogP contribution is -2.27. The van der Waals surface area contributed by atoms with Crippen LogP contribution < -0.4 is 0 Å². The molecule has 1 amide bonds. The van der Waals surface area contributed by atoms with E-state index in [-0.39, 0.29) is 5.71 Å². The van der Waals surface area contributed by atoms with E-state index in [1.165, 1.54) is 18.3 Å². The van der Waals surface area contributed by atoms with Crippen molar-refractivity contribution in [3.63, 3.8) is 0 Å². The molecule has 182 valence electrons. The van der Waals surface area contributed by atoms with E-state index in [1.807, 2.05) is 25.1 Å². The van der Waals surface area contributed by atoms with Gasteiger partial charge in [0.15, 0.2) is 0 Å². The van der Waals surface area contributed by atoms with Crippen LogP contribution in [0.1, 0.15) is 49.9 Å². The maximum Gasteiger partial charge on any atom is 0.324 e. The highest BCUT2D eigenvalue weighted by Crippen LogP contribution is 2.31. The molecular weight excluding hydrogens is 472 g/mol. The van der Waals surface area contributed by atoms with E-state index < -0.39 is 23.5 Å². The lowest BCUT2D eigenvalue weighted by molar-refractivity contribution is -0.139. The van der Waals surface area contributed by atoms with Gasteiger partial charge >= 0.3 is 11.8 Å². The van der Waals surface area contributed by atoms with Crippen LogP contribution in [-0.2, 0) is 10.4 Å². The molecule has 2 aromatic carbocycles. The number of benzene rings is 2. The van der Waals surface area contributed by atoms with Crippen LogP contribution in [0.25, 0.3) is 21.5 Å². The molecule has 0 aliphatic rings. The molecule has 35 heavy (non-hydrogen) atoms. The van der Waals surface area contributed by atoms with E-state index in [1.54, 1.807) is 49.0 Å². The third kappa shape index (κ3) is 5.18. The largest absolute Gasteiger partial charge is 0.386 e. The molecule has 0 radical (unpaired) electrons. The van der Waals surface area contributed by atoms with Gasteiger partial charge in [0, 0.05) is 23.6 Å². The second kappa shape index (κ2) is 9.01. The van der Waals surface area contributed by atoms with E-state index in [4.69, 9.17) is 0 Å². The fourth-order valence-corrected chi connectivity index (χ4v) is 4.45. The number of hydrogen-bond donors (Lipinski definition) is 1. The normalized spacial score (nSPS) is 13.9. The third-order valence-corrected chi connectivity index (χ3v) is 6.48. The Morgan fingerprint density at radius 3 is 2.37 bits per heavy atom. The maximum atomic E-state index is 13.6. The van der Waals surface area contributed by atoms with Crippen LogP contribution in [0, 0.1) is 6.92 Å². The van der Waals surface area contributed by atoms with Crippen molar-refractivity contribution in [3.05, 3.63) is 64.8 Å². The van der Waals surface area contributed by atoms with Crippen molar-refractivity contribution in [1.82, 2.24) is 20.0 Å². The number of carbonyl (C=O) groups is 1. The van der Waals surface area contributed by atoms with E-state index in [9.17, 15) is 18.7 Å². The van der Waals surface area contributed by atoms with Crippen LogP contribution in [0.4, 0.5) is 8.78 Å². The number of nitrogens with zero attached hydrogens (tertiary/aromatic N) is 5. The minimum atomic E-state index is -3.59. The van der Waals surface area contributed by atoms with Crippen molar-refractivity contribution < 1.29 is 18.7 Å². The Kier molecular flexibility index (Phi) is 6.37. The van der Waals surface area contributed by atoms with Crippen molar-refractivity contribution in [1.29, 1.82) is 0 Å². The topological polar surface area (TPSA) is 93.3 Å². The Morgan fingerprint density at radius 1 is 1.11 bits per heavy atom. The Hall–Kier alpha value is -3.37. The van der Waals surface area contributed by atoms with Gasteiger partial charge in [-0.05, 0) is 57.0 Å². The maximum absolute atomic E-state index is 13.6. The lowest BCUT2D eigenvalue weighted by Gasteiger charge is -2.22. The smallest absolute Gasteiger partial charge is 0.324 e. The number of aromatic nitrogens is 4. The van der Waals surface area contributed by atoms with E-state index >= 15 is 0 Å². The van der Waals surface area contributed by atoms with Gasteiger partial charge in [-0.15, -0.1) is 10.2 Å². The fraction of sp³-hybridized carbons (Fsp3) is 0.320. The molecule has 2 heterocycles. The number of fused-ring (bicyclic) bond motifs is 1. The molecule has 4 rings (SSSR count). The van der Waals surface area contributed by atoms with Crippen molar-refractivity contribution in [2.45, 2.75) is 52.2 Å². The molecule has 4 aromatic rings. The van der Waals surface area contributed by atoms with Gasteiger partial charge in [0.05, 0.1) is 17.3 Å². The Bertz CT molecular complexity index is 1410. The molecule has 1 atom stereocenters. The summed E-state index contributed by atoms with van der Waals surface area (Å²) in [6, 6.07) is 12.0. The zero-order chi connectivity index (χ0) is 25.5. The first-order valence-electron chi connectivity index (χ1n) is 10.9. The monoisotopic (exact) mass is 497 g/mol. The molecule has 2 aromatic heterocycles. The van der Waals surface area contributed by atoms with Crippen LogP contribution >= 0.6 is 11.3 Å². The zero-order valence-electron chi connectivity index (χ0n) is 20.0. The SMILES string of the molecule is CC(=NC(=O)C(C)(F)F)[C@@H](c1ccc(C(C)(C)O)cc1)n1ncc2cc(-c3nnc(C)s3)ccc21. The Morgan fingerprint density at radius 2 is 1.80 bits per heavy atom. The third-order valence-electron chi connectivity index (χ3n) is 5.60. The van der Waals surface area contributed by atoms with Crippen LogP contribution in [0.15, 0.2) is 53.7 Å². The zero-order valence-corrected chi connectivity index (χ0v) is 20.8. The second-order valence-electron chi connectivity index (χ2n) is 9.02. The van der Waals surface area contributed by atoms with Gasteiger partial charge in [-0.3, -0.25) is 9.48 Å². The Balaban J connectivity index is 1.83. The number of halogens is 2. The molecule has 0 aliphatic carbocycles. The standard InChI is InChI=1S/C25H25F2N5O2S/c1-14(29-23(33)25(5,26)27)21(16-6-9-19(10-7-16)24(3,4)34)32-20-11-8-17(12-18(20)13-28-32)22-31-30-15(2)35-22/h6-13,21,34H,1-5H3/t21-/m0/s1. The predicted molar refractivity (Wildman–Crippen MR) is 132 cm³/mol. The number of aliphatic hydroxyl groups is 1. The Labute approximate surface area is 205 Å². The summed E-state index contributed by atoms with van der Waals surface area (Å²) in [6.07, 6.45) is 1.68. The van der Waals surface area contributed by atoms with Crippen molar-refractivity contribution in [2.24, 2.45) is 4.99 Å².